The van der Waals surface area contributed by atoms with Crippen LogP contribution >= 0.6 is 0 Å². The van der Waals surface area contributed by atoms with Crippen LogP contribution in [0.25, 0.3) is 0 Å². The van der Waals surface area contributed by atoms with Crippen molar-refractivity contribution in [1.29, 1.82) is 0 Å². The van der Waals surface area contributed by atoms with Crippen LogP contribution in [-0.2, 0) is 22.7 Å². The second kappa shape index (κ2) is 10.7. The van der Waals surface area contributed by atoms with Crippen molar-refractivity contribution >= 4 is 0 Å². The fourth-order valence-electron chi connectivity index (χ4n) is 1.21. The Bertz CT molecular complexity index is 259. The molecule has 1 aromatic carbocycles. The summed E-state index contributed by atoms with van der Waals surface area (Å²) in [5.74, 6) is 0. The highest BCUT2D eigenvalue weighted by Crippen LogP contribution is 2.10. The highest BCUT2D eigenvalue weighted by Gasteiger charge is 1.99. The Morgan fingerprint density at radius 1 is 0.938 bits per heavy atom. The van der Waals surface area contributed by atoms with E-state index in [-0.39, 0.29) is 0 Å². The van der Waals surface area contributed by atoms with Gasteiger partial charge in [0.05, 0.1) is 13.2 Å². The second-order valence-corrected chi connectivity index (χ2v) is 3.55. The second-order valence-electron chi connectivity index (χ2n) is 3.55. The molecule has 0 bridgehead atoms. The molecule has 0 atom stereocenters. The fourth-order valence-corrected chi connectivity index (χ4v) is 1.21. The van der Waals surface area contributed by atoms with Crippen LogP contribution < -0.4 is 0 Å². The SMILES string of the molecule is CCC.CCOCc1ccccc1COC. The van der Waals surface area contributed by atoms with E-state index in [0.29, 0.717) is 13.2 Å². The molecule has 16 heavy (non-hydrogen) atoms. The van der Waals surface area contributed by atoms with Crippen molar-refractivity contribution in [2.75, 3.05) is 13.7 Å². The highest BCUT2D eigenvalue weighted by molar-refractivity contribution is 5.25. The summed E-state index contributed by atoms with van der Waals surface area (Å²) in [5, 5.41) is 0. The van der Waals surface area contributed by atoms with Gasteiger partial charge in [0, 0.05) is 13.7 Å². The van der Waals surface area contributed by atoms with E-state index < -0.39 is 0 Å². The molecule has 0 fully saturated rings. The quantitative estimate of drug-likeness (QED) is 0.757. The maximum absolute atomic E-state index is 5.35. The first-order chi connectivity index (χ1) is 7.79. The van der Waals surface area contributed by atoms with Crippen LogP contribution in [0.2, 0.25) is 0 Å². The lowest BCUT2D eigenvalue weighted by atomic mass is 10.1. The van der Waals surface area contributed by atoms with Crippen molar-refractivity contribution in [1.82, 2.24) is 0 Å². The smallest absolute Gasteiger partial charge is 0.0720 e. The summed E-state index contributed by atoms with van der Waals surface area (Å²) in [4.78, 5) is 0. The van der Waals surface area contributed by atoms with Crippen molar-refractivity contribution in [3.8, 4) is 0 Å². The van der Waals surface area contributed by atoms with E-state index in [1.54, 1.807) is 7.11 Å². The summed E-state index contributed by atoms with van der Waals surface area (Å²) in [6.45, 7) is 8.33. The molecule has 0 saturated carbocycles. The van der Waals surface area contributed by atoms with Crippen LogP contribution in [-0.4, -0.2) is 13.7 Å². The van der Waals surface area contributed by atoms with Crippen LogP contribution in [0, 0.1) is 0 Å². The van der Waals surface area contributed by atoms with Crippen molar-refractivity contribution in [3.05, 3.63) is 35.4 Å². The van der Waals surface area contributed by atoms with E-state index in [9.17, 15) is 0 Å². The molecule has 1 rings (SSSR count). The number of benzene rings is 1. The van der Waals surface area contributed by atoms with Gasteiger partial charge in [-0.15, -0.1) is 0 Å². The topological polar surface area (TPSA) is 18.5 Å². The van der Waals surface area contributed by atoms with Crippen molar-refractivity contribution in [2.24, 2.45) is 0 Å². The molecule has 0 radical (unpaired) electrons. The van der Waals surface area contributed by atoms with Crippen LogP contribution in [0.4, 0.5) is 0 Å². The molecule has 0 unspecified atom stereocenters. The molecule has 0 aromatic heterocycles. The normalized spacial score (nSPS) is 9.50. The molecule has 0 spiro atoms. The molecular formula is C14H24O2. The number of hydrogen-bond donors (Lipinski definition) is 0. The van der Waals surface area contributed by atoms with Gasteiger partial charge in [0.2, 0.25) is 0 Å². The van der Waals surface area contributed by atoms with E-state index in [1.807, 2.05) is 19.1 Å². The third-order valence-electron chi connectivity index (χ3n) is 1.88. The van der Waals surface area contributed by atoms with Gasteiger partial charge < -0.3 is 9.47 Å². The molecule has 2 heteroatoms. The van der Waals surface area contributed by atoms with Crippen molar-refractivity contribution in [2.45, 2.75) is 40.4 Å². The summed E-state index contributed by atoms with van der Waals surface area (Å²) in [5.41, 5.74) is 2.42. The minimum absolute atomic E-state index is 0.656. The van der Waals surface area contributed by atoms with Gasteiger partial charge in [-0.2, -0.15) is 0 Å². The van der Waals surface area contributed by atoms with Gasteiger partial charge in [0.1, 0.15) is 0 Å². The average molecular weight is 224 g/mol. The van der Waals surface area contributed by atoms with Gasteiger partial charge in [-0.1, -0.05) is 44.5 Å². The molecule has 1 aromatic rings. The molecule has 0 aliphatic rings. The molecule has 0 aliphatic carbocycles. The van der Waals surface area contributed by atoms with E-state index in [4.69, 9.17) is 9.47 Å². The van der Waals surface area contributed by atoms with Gasteiger partial charge >= 0.3 is 0 Å². The molecule has 2 nitrogen and oxygen atoms in total. The van der Waals surface area contributed by atoms with Gasteiger partial charge in [0.15, 0.2) is 0 Å². The van der Waals surface area contributed by atoms with E-state index in [2.05, 4.69) is 26.0 Å². The first-order valence-electron chi connectivity index (χ1n) is 5.93. The number of ether oxygens (including phenoxy) is 2. The summed E-state index contributed by atoms with van der Waals surface area (Å²) in [6.07, 6.45) is 1.25. The van der Waals surface area contributed by atoms with E-state index in [1.165, 1.54) is 17.5 Å². The lowest BCUT2D eigenvalue weighted by Gasteiger charge is -2.07. The standard InChI is InChI=1S/C11H16O2.C3H8/c1-3-13-9-11-7-5-4-6-10(11)8-12-2;1-3-2/h4-7H,3,8-9H2,1-2H3;3H2,1-2H3. The Balaban J connectivity index is 0.000000673. The van der Waals surface area contributed by atoms with Crippen molar-refractivity contribution < 1.29 is 9.47 Å². The number of hydrogen-bond acceptors (Lipinski definition) is 2. The Morgan fingerprint density at radius 2 is 1.44 bits per heavy atom. The number of methoxy groups -OCH3 is 1. The zero-order chi connectivity index (χ0) is 12.2. The Labute approximate surface area is 99.6 Å². The zero-order valence-corrected chi connectivity index (χ0v) is 11.0. The molecule has 0 saturated heterocycles. The van der Waals surface area contributed by atoms with Crippen LogP contribution in [0.15, 0.2) is 24.3 Å². The minimum atomic E-state index is 0.656. The summed E-state index contributed by atoms with van der Waals surface area (Å²) >= 11 is 0. The van der Waals surface area contributed by atoms with E-state index in [0.717, 1.165) is 6.61 Å². The molecule has 0 aliphatic heterocycles. The van der Waals surface area contributed by atoms with Gasteiger partial charge in [-0.3, -0.25) is 0 Å². The van der Waals surface area contributed by atoms with E-state index >= 15 is 0 Å². The summed E-state index contributed by atoms with van der Waals surface area (Å²) < 4.78 is 10.4. The Kier molecular flexibility index (Phi) is 10.1. The maximum Gasteiger partial charge on any atom is 0.0720 e. The van der Waals surface area contributed by atoms with Crippen LogP contribution in [0.3, 0.4) is 0 Å². The van der Waals surface area contributed by atoms with Gasteiger partial charge in [-0.05, 0) is 18.1 Å². The number of rotatable bonds is 5. The fraction of sp³-hybridized carbons (Fsp3) is 0.571. The van der Waals surface area contributed by atoms with Crippen LogP contribution in [0.1, 0.15) is 38.3 Å². The van der Waals surface area contributed by atoms with Crippen molar-refractivity contribution in [3.63, 3.8) is 0 Å². The molecular weight excluding hydrogens is 200 g/mol. The lowest BCUT2D eigenvalue weighted by Crippen LogP contribution is -1.98. The monoisotopic (exact) mass is 224 g/mol. The first-order valence-corrected chi connectivity index (χ1v) is 5.93. The van der Waals surface area contributed by atoms with Gasteiger partial charge in [-0.25, -0.2) is 0 Å². The minimum Gasteiger partial charge on any atom is -0.380 e. The molecule has 0 heterocycles. The maximum atomic E-state index is 5.35. The predicted molar refractivity (Wildman–Crippen MR) is 68.5 cm³/mol. The Hall–Kier alpha value is -0.860. The predicted octanol–water partition coefficient (Wildman–Crippen LogP) is 3.79. The summed E-state index contributed by atoms with van der Waals surface area (Å²) in [7, 11) is 1.71. The third-order valence-corrected chi connectivity index (χ3v) is 1.88. The summed E-state index contributed by atoms with van der Waals surface area (Å²) in [6, 6.07) is 8.18. The largest absolute Gasteiger partial charge is 0.380 e. The lowest BCUT2D eigenvalue weighted by molar-refractivity contribution is 0.130. The Morgan fingerprint density at radius 3 is 1.88 bits per heavy atom. The highest BCUT2D eigenvalue weighted by atomic mass is 16.5. The van der Waals surface area contributed by atoms with Gasteiger partial charge in [0.25, 0.3) is 0 Å². The first kappa shape index (κ1) is 15.1. The third kappa shape index (κ3) is 6.59. The average Bonchev–Trinajstić information content (AvgIpc) is 2.29. The zero-order valence-electron chi connectivity index (χ0n) is 11.0. The molecule has 0 N–H and O–H groups in total. The van der Waals surface area contributed by atoms with Crippen LogP contribution in [0.5, 0.6) is 0 Å². The molecule has 0 amide bonds. The molecule has 92 valence electrons.